The number of urea groups is 1. The van der Waals surface area contributed by atoms with E-state index in [0.717, 1.165) is 36.1 Å². The van der Waals surface area contributed by atoms with Crippen molar-refractivity contribution in [3.05, 3.63) is 77.0 Å². The maximum atomic E-state index is 12.8. The zero-order valence-electron chi connectivity index (χ0n) is 19.6. The van der Waals surface area contributed by atoms with E-state index in [1.165, 1.54) is 11.1 Å². The van der Waals surface area contributed by atoms with Crippen molar-refractivity contribution >= 4 is 17.8 Å². The number of fused-ring (bicyclic) bond motifs is 5. The molecule has 4 unspecified atom stereocenters. The number of anilines is 1. The molecule has 0 bridgehead atoms. The Morgan fingerprint density at radius 1 is 1.06 bits per heavy atom. The first kappa shape index (κ1) is 21.2. The quantitative estimate of drug-likeness (QED) is 0.513. The molecule has 182 valence electrons. The number of carbonyl (C=O) groups is 2. The summed E-state index contributed by atoms with van der Waals surface area (Å²) in [6.45, 7) is 0. The van der Waals surface area contributed by atoms with E-state index in [2.05, 4.69) is 39.1 Å². The molecule has 1 aromatic heterocycles. The molecule has 36 heavy (non-hydrogen) atoms. The Kier molecular flexibility index (Phi) is 4.87. The standard InChI is InChI=1S/C28H26N4O4/c33-23-11-9-18-22(12-13-29-27(18)31-23)35-16-8-10-21-19(14-16)24-25(26(24)36-21)32-28(34)30-20-7-3-5-15-4-1-2-6-17(15)20/h1-2,4,6,8,10,12-14,20,24-26H,3,5,7,9,11H2,(H,29,31,33)(H2,30,32,34). The van der Waals surface area contributed by atoms with Crippen LogP contribution in [0.4, 0.5) is 10.6 Å². The predicted molar refractivity (Wildman–Crippen MR) is 132 cm³/mol. The summed E-state index contributed by atoms with van der Waals surface area (Å²) < 4.78 is 12.3. The number of pyridine rings is 1. The summed E-state index contributed by atoms with van der Waals surface area (Å²) in [6.07, 6.45) is 5.68. The summed E-state index contributed by atoms with van der Waals surface area (Å²) in [5.41, 5.74) is 4.48. The van der Waals surface area contributed by atoms with Crippen molar-refractivity contribution in [2.24, 2.45) is 0 Å². The Bertz CT molecular complexity index is 1390. The Labute approximate surface area is 208 Å². The van der Waals surface area contributed by atoms with Crippen molar-refractivity contribution < 1.29 is 19.1 Å². The molecule has 8 heteroatoms. The number of hydrogen-bond acceptors (Lipinski definition) is 5. The van der Waals surface area contributed by atoms with E-state index >= 15 is 0 Å². The first-order valence-electron chi connectivity index (χ1n) is 12.5. The van der Waals surface area contributed by atoms with Gasteiger partial charge in [-0.15, -0.1) is 0 Å². The molecule has 3 heterocycles. The second kappa shape index (κ2) is 8.26. The zero-order valence-corrected chi connectivity index (χ0v) is 19.6. The molecule has 0 radical (unpaired) electrons. The highest BCUT2D eigenvalue weighted by Gasteiger charge is 2.59. The number of benzene rings is 2. The van der Waals surface area contributed by atoms with Gasteiger partial charge >= 0.3 is 6.03 Å². The van der Waals surface area contributed by atoms with Crippen molar-refractivity contribution in [3.63, 3.8) is 0 Å². The molecule has 8 nitrogen and oxygen atoms in total. The van der Waals surface area contributed by atoms with Gasteiger partial charge in [-0.2, -0.15) is 0 Å². The average molecular weight is 483 g/mol. The maximum absolute atomic E-state index is 12.8. The van der Waals surface area contributed by atoms with Gasteiger partial charge in [-0.1, -0.05) is 24.3 Å². The smallest absolute Gasteiger partial charge is 0.315 e. The van der Waals surface area contributed by atoms with Crippen LogP contribution in [0.15, 0.2) is 54.7 Å². The number of ether oxygens (including phenoxy) is 2. The fourth-order valence-corrected chi connectivity index (χ4v) is 5.81. The summed E-state index contributed by atoms with van der Waals surface area (Å²) in [5, 5.41) is 9.10. The lowest BCUT2D eigenvalue weighted by molar-refractivity contribution is -0.116. The number of nitrogens with one attached hydrogen (secondary N) is 3. The van der Waals surface area contributed by atoms with Crippen molar-refractivity contribution in [1.29, 1.82) is 0 Å². The first-order chi connectivity index (χ1) is 17.6. The number of amides is 3. The van der Waals surface area contributed by atoms with E-state index in [0.29, 0.717) is 30.2 Å². The van der Waals surface area contributed by atoms with Crippen molar-refractivity contribution in [3.8, 4) is 17.2 Å². The van der Waals surface area contributed by atoms with Crippen LogP contribution in [0.25, 0.3) is 0 Å². The molecule has 2 aromatic carbocycles. The minimum Gasteiger partial charge on any atom is -0.487 e. The van der Waals surface area contributed by atoms with Crippen LogP contribution in [0.3, 0.4) is 0 Å². The lowest BCUT2D eigenvalue weighted by atomic mass is 9.88. The molecular formula is C28H26N4O4. The topological polar surface area (TPSA) is 102 Å². The molecule has 1 fully saturated rings. The van der Waals surface area contributed by atoms with Crippen LogP contribution in [0.1, 0.15) is 53.5 Å². The molecule has 3 aromatic rings. The molecule has 0 saturated heterocycles. The molecule has 3 amide bonds. The third kappa shape index (κ3) is 3.64. The van der Waals surface area contributed by atoms with E-state index in [1.807, 2.05) is 30.3 Å². The van der Waals surface area contributed by atoms with Gasteiger partial charge in [-0.3, -0.25) is 4.79 Å². The Morgan fingerprint density at radius 3 is 2.92 bits per heavy atom. The van der Waals surface area contributed by atoms with E-state index in [9.17, 15) is 9.59 Å². The lowest BCUT2D eigenvalue weighted by Gasteiger charge is -2.26. The molecule has 4 aliphatic rings. The molecule has 7 rings (SSSR count). The van der Waals surface area contributed by atoms with E-state index in [1.54, 1.807) is 6.20 Å². The second-order valence-electron chi connectivity index (χ2n) is 9.88. The van der Waals surface area contributed by atoms with E-state index < -0.39 is 0 Å². The fraction of sp³-hybridized carbons (Fsp3) is 0.321. The fourth-order valence-electron chi connectivity index (χ4n) is 5.81. The van der Waals surface area contributed by atoms with Crippen LogP contribution < -0.4 is 25.4 Å². The molecule has 1 saturated carbocycles. The summed E-state index contributed by atoms with van der Waals surface area (Å²) in [4.78, 5) is 28.8. The van der Waals surface area contributed by atoms with Gasteiger partial charge in [0.2, 0.25) is 5.91 Å². The summed E-state index contributed by atoms with van der Waals surface area (Å²) in [7, 11) is 0. The molecule has 4 atom stereocenters. The minimum absolute atomic E-state index is 0.0307. The Morgan fingerprint density at radius 2 is 1.97 bits per heavy atom. The van der Waals surface area contributed by atoms with Crippen molar-refractivity contribution in [1.82, 2.24) is 15.6 Å². The van der Waals surface area contributed by atoms with Crippen LogP contribution in [-0.4, -0.2) is 29.1 Å². The summed E-state index contributed by atoms with van der Waals surface area (Å²) in [5.74, 6) is 2.85. The molecule has 2 aliphatic heterocycles. The van der Waals surface area contributed by atoms with Gasteiger partial charge in [0.25, 0.3) is 0 Å². The van der Waals surface area contributed by atoms with Gasteiger partial charge in [-0.05, 0) is 61.1 Å². The normalized spacial score (nSPS) is 24.7. The van der Waals surface area contributed by atoms with Gasteiger partial charge in [0, 0.05) is 23.7 Å². The Balaban J connectivity index is 1.03. The van der Waals surface area contributed by atoms with Crippen LogP contribution in [0, 0.1) is 0 Å². The minimum atomic E-state index is -0.154. The van der Waals surface area contributed by atoms with Crippen molar-refractivity contribution in [2.45, 2.75) is 56.2 Å². The zero-order chi connectivity index (χ0) is 24.2. The monoisotopic (exact) mass is 482 g/mol. The highest BCUT2D eigenvalue weighted by Crippen LogP contribution is 2.54. The summed E-state index contributed by atoms with van der Waals surface area (Å²) in [6, 6.07) is 15.8. The van der Waals surface area contributed by atoms with Crippen LogP contribution in [0.5, 0.6) is 17.2 Å². The van der Waals surface area contributed by atoms with E-state index in [-0.39, 0.29) is 36.0 Å². The molecule has 2 aliphatic carbocycles. The number of hydrogen-bond donors (Lipinski definition) is 3. The van der Waals surface area contributed by atoms with Gasteiger partial charge < -0.3 is 25.4 Å². The number of rotatable bonds is 4. The molecular weight excluding hydrogens is 456 g/mol. The SMILES string of the molecule is O=C1CCc2c(Oc3ccc4c(c3)C3C(NC(=O)NC5CCCc6ccccc65)C3O4)ccnc2N1. The first-order valence-corrected chi connectivity index (χ1v) is 12.5. The number of carbonyl (C=O) groups excluding carboxylic acids is 2. The predicted octanol–water partition coefficient (Wildman–Crippen LogP) is 4.36. The lowest BCUT2D eigenvalue weighted by Crippen LogP contribution is -2.41. The molecule has 0 spiro atoms. The molecule has 3 N–H and O–H groups in total. The summed E-state index contributed by atoms with van der Waals surface area (Å²) >= 11 is 0. The third-order valence-electron chi connectivity index (χ3n) is 7.63. The number of aryl methyl sites for hydroxylation is 1. The third-order valence-corrected chi connectivity index (χ3v) is 7.63. The highest BCUT2D eigenvalue weighted by molar-refractivity contribution is 5.93. The van der Waals surface area contributed by atoms with Crippen LogP contribution in [0.2, 0.25) is 0 Å². The van der Waals surface area contributed by atoms with Crippen LogP contribution >= 0.6 is 0 Å². The van der Waals surface area contributed by atoms with Gasteiger partial charge in [-0.25, -0.2) is 9.78 Å². The highest BCUT2D eigenvalue weighted by atomic mass is 16.5. The number of nitrogens with zero attached hydrogens (tertiary/aromatic N) is 1. The van der Waals surface area contributed by atoms with Gasteiger partial charge in [0.05, 0.1) is 18.0 Å². The van der Waals surface area contributed by atoms with Gasteiger partial charge in [0.15, 0.2) is 0 Å². The van der Waals surface area contributed by atoms with Gasteiger partial charge in [0.1, 0.15) is 29.2 Å². The Hall–Kier alpha value is -4.07. The number of aromatic nitrogens is 1. The maximum Gasteiger partial charge on any atom is 0.315 e. The average Bonchev–Trinajstić information content (AvgIpc) is 3.40. The van der Waals surface area contributed by atoms with Crippen molar-refractivity contribution in [2.75, 3.05) is 5.32 Å². The largest absolute Gasteiger partial charge is 0.487 e. The van der Waals surface area contributed by atoms with E-state index in [4.69, 9.17) is 9.47 Å². The second-order valence-corrected chi connectivity index (χ2v) is 9.88. The van der Waals surface area contributed by atoms with Crippen LogP contribution in [-0.2, 0) is 17.6 Å².